The van der Waals surface area contributed by atoms with Crippen molar-refractivity contribution in [2.75, 3.05) is 5.32 Å². The molecule has 0 unspecified atom stereocenters. The average molecular weight is 428 g/mol. The number of amides is 1. The molecule has 0 aliphatic heterocycles. The fraction of sp³-hybridized carbons (Fsp3) is 0.0833. The normalized spacial score (nSPS) is 10.6. The first-order valence-electron chi connectivity index (χ1n) is 9.62. The Labute approximate surface area is 183 Å². The van der Waals surface area contributed by atoms with Gasteiger partial charge in [-0.1, -0.05) is 72.8 Å². The summed E-state index contributed by atoms with van der Waals surface area (Å²) in [5, 5.41) is 13.6. The third-order valence-corrected chi connectivity index (χ3v) is 5.65. The third kappa shape index (κ3) is 5.02. The van der Waals surface area contributed by atoms with Gasteiger partial charge in [-0.25, -0.2) is 4.98 Å². The predicted molar refractivity (Wildman–Crippen MR) is 120 cm³/mol. The number of benzene rings is 3. The number of anilines is 1. The van der Waals surface area contributed by atoms with Crippen molar-refractivity contribution in [2.45, 2.75) is 12.8 Å². The van der Waals surface area contributed by atoms with Crippen LogP contribution in [0.3, 0.4) is 0 Å². The lowest BCUT2D eigenvalue weighted by Gasteiger charge is -2.15. The Morgan fingerprint density at radius 2 is 1.65 bits per heavy atom. The molecule has 1 heterocycles. The zero-order valence-corrected chi connectivity index (χ0v) is 17.3. The zero-order valence-electron chi connectivity index (χ0n) is 16.4. The largest absolute Gasteiger partial charge is 0.345 e. The van der Waals surface area contributed by atoms with E-state index in [9.17, 15) is 14.9 Å². The van der Waals surface area contributed by atoms with Crippen molar-refractivity contribution in [1.29, 1.82) is 0 Å². The Bertz CT molecular complexity index is 1210. The van der Waals surface area contributed by atoms with Crippen LogP contribution in [0, 0.1) is 16.2 Å². The van der Waals surface area contributed by atoms with E-state index in [-0.39, 0.29) is 16.0 Å². The van der Waals surface area contributed by atoms with E-state index >= 15 is 0 Å². The number of hydrogen-bond donors (Lipinski definition) is 1. The summed E-state index contributed by atoms with van der Waals surface area (Å²) in [4.78, 5) is 27.4. The van der Waals surface area contributed by atoms with Gasteiger partial charge in [-0.2, -0.15) is 0 Å². The third-order valence-electron chi connectivity index (χ3n) is 4.78. The molecule has 4 rings (SSSR count). The van der Waals surface area contributed by atoms with Crippen LogP contribution in [-0.2, 0) is 12.8 Å². The minimum Gasteiger partial charge on any atom is -0.298 e. The molecular weight excluding hydrogens is 410 g/mol. The van der Waals surface area contributed by atoms with Crippen molar-refractivity contribution in [3.8, 4) is 0 Å². The molecule has 0 saturated heterocycles. The maximum absolute atomic E-state index is 13.1. The molecule has 0 atom stereocenters. The summed E-state index contributed by atoms with van der Waals surface area (Å²) in [6.45, 7) is 0. The van der Waals surface area contributed by atoms with E-state index in [0.717, 1.165) is 39.8 Å². The van der Waals surface area contributed by atoms with E-state index in [2.05, 4.69) is 28.5 Å². The molecule has 4 aromatic rings. The SMILES string of the molecule is O=C(Nc1ncc([N+](=O)[O-])s1)c1[c]ccc(Cc2ccccc2)c1Cc1ccccc1. The fourth-order valence-corrected chi connectivity index (χ4v) is 3.95. The maximum Gasteiger partial charge on any atom is 0.345 e. The van der Waals surface area contributed by atoms with Crippen LogP contribution in [0.25, 0.3) is 0 Å². The van der Waals surface area contributed by atoms with Gasteiger partial charge in [0.1, 0.15) is 6.20 Å². The molecule has 1 amide bonds. The lowest BCUT2D eigenvalue weighted by Crippen LogP contribution is -2.16. The molecule has 0 aliphatic rings. The van der Waals surface area contributed by atoms with Crippen LogP contribution in [0.2, 0.25) is 0 Å². The average Bonchev–Trinajstić information content (AvgIpc) is 3.25. The zero-order chi connectivity index (χ0) is 21.6. The number of rotatable bonds is 7. The standard InChI is InChI=1S/C24H18N3O3S/c28-23(26-24-25-16-22(31-24)27(29)30)20-13-7-12-19(14-17-8-3-1-4-9-17)21(20)15-18-10-5-2-6-11-18/h1-12,16H,14-15H2,(H,25,26,28). The summed E-state index contributed by atoms with van der Waals surface area (Å²) >= 11 is 0.825. The van der Waals surface area contributed by atoms with Crippen molar-refractivity contribution >= 4 is 27.4 Å². The highest BCUT2D eigenvalue weighted by molar-refractivity contribution is 7.18. The van der Waals surface area contributed by atoms with E-state index in [0.29, 0.717) is 18.4 Å². The number of nitrogens with one attached hydrogen (secondary N) is 1. The van der Waals surface area contributed by atoms with Gasteiger partial charge in [0.25, 0.3) is 5.91 Å². The van der Waals surface area contributed by atoms with Gasteiger partial charge in [0.15, 0.2) is 5.13 Å². The molecule has 6 nitrogen and oxygen atoms in total. The number of nitrogens with zero attached hydrogens (tertiary/aromatic N) is 2. The van der Waals surface area contributed by atoms with E-state index in [1.54, 1.807) is 6.07 Å². The highest BCUT2D eigenvalue weighted by Crippen LogP contribution is 2.27. The van der Waals surface area contributed by atoms with Crippen molar-refractivity contribution in [1.82, 2.24) is 4.98 Å². The van der Waals surface area contributed by atoms with Crippen molar-refractivity contribution < 1.29 is 9.72 Å². The highest BCUT2D eigenvalue weighted by Gasteiger charge is 2.19. The first-order valence-corrected chi connectivity index (χ1v) is 10.4. The molecule has 0 spiro atoms. The van der Waals surface area contributed by atoms with Gasteiger partial charge >= 0.3 is 5.00 Å². The van der Waals surface area contributed by atoms with E-state index in [4.69, 9.17) is 0 Å². The second-order valence-corrected chi connectivity index (χ2v) is 7.91. The van der Waals surface area contributed by atoms with Gasteiger partial charge in [-0.15, -0.1) is 0 Å². The van der Waals surface area contributed by atoms with Crippen LogP contribution in [0.15, 0.2) is 79.0 Å². The second kappa shape index (κ2) is 9.32. The van der Waals surface area contributed by atoms with Crippen molar-refractivity contribution in [3.05, 3.63) is 123 Å². The number of carbonyl (C=O) groups is 1. The first-order chi connectivity index (χ1) is 15.1. The van der Waals surface area contributed by atoms with Crippen molar-refractivity contribution in [3.63, 3.8) is 0 Å². The lowest BCUT2D eigenvalue weighted by atomic mass is 9.91. The molecule has 31 heavy (non-hydrogen) atoms. The van der Waals surface area contributed by atoms with E-state index in [1.165, 1.54) is 0 Å². The Hall–Kier alpha value is -3.84. The number of hydrogen-bond acceptors (Lipinski definition) is 5. The maximum atomic E-state index is 13.1. The Morgan fingerprint density at radius 3 is 2.26 bits per heavy atom. The second-order valence-electron chi connectivity index (χ2n) is 6.90. The summed E-state index contributed by atoms with van der Waals surface area (Å²) in [5.74, 6) is -0.384. The number of thiazole rings is 1. The van der Waals surface area contributed by atoms with E-state index in [1.807, 2.05) is 54.6 Å². The Morgan fingerprint density at radius 1 is 1.00 bits per heavy atom. The number of carbonyl (C=O) groups excluding carboxylic acids is 1. The van der Waals surface area contributed by atoms with Gasteiger partial charge in [0.2, 0.25) is 0 Å². The molecule has 7 heteroatoms. The van der Waals surface area contributed by atoms with Crippen LogP contribution in [0.5, 0.6) is 0 Å². The molecule has 1 N–H and O–H groups in total. The quantitative estimate of drug-likeness (QED) is 0.320. The summed E-state index contributed by atoms with van der Waals surface area (Å²) in [5.41, 5.74) is 4.54. The lowest BCUT2D eigenvalue weighted by molar-refractivity contribution is -0.380. The molecule has 3 aromatic carbocycles. The number of nitro groups is 1. The van der Waals surface area contributed by atoms with Crippen LogP contribution in [0.4, 0.5) is 10.1 Å². The van der Waals surface area contributed by atoms with Gasteiger partial charge in [-0.05, 0) is 52.5 Å². The highest BCUT2D eigenvalue weighted by atomic mass is 32.1. The summed E-state index contributed by atoms with van der Waals surface area (Å²) < 4.78 is 0. The van der Waals surface area contributed by atoms with Crippen molar-refractivity contribution in [2.24, 2.45) is 0 Å². The molecular formula is C24H18N3O3S. The summed E-state index contributed by atoms with van der Waals surface area (Å²) in [7, 11) is 0. The molecule has 1 radical (unpaired) electrons. The monoisotopic (exact) mass is 428 g/mol. The van der Waals surface area contributed by atoms with Gasteiger partial charge < -0.3 is 0 Å². The molecule has 1 aromatic heterocycles. The smallest absolute Gasteiger partial charge is 0.298 e. The van der Waals surface area contributed by atoms with Gasteiger partial charge in [-0.3, -0.25) is 20.2 Å². The van der Waals surface area contributed by atoms with Crippen LogP contribution < -0.4 is 5.32 Å². The summed E-state index contributed by atoms with van der Waals surface area (Å²) in [6.07, 6.45) is 2.39. The first kappa shape index (κ1) is 20.4. The molecule has 0 saturated carbocycles. The van der Waals surface area contributed by atoms with Gasteiger partial charge in [0, 0.05) is 0 Å². The Balaban J connectivity index is 1.68. The van der Waals surface area contributed by atoms with Crippen LogP contribution in [0.1, 0.15) is 32.6 Å². The fourth-order valence-electron chi connectivity index (χ4n) is 3.33. The van der Waals surface area contributed by atoms with Gasteiger partial charge in [0.05, 0.1) is 10.5 Å². The van der Waals surface area contributed by atoms with Crippen LogP contribution in [-0.4, -0.2) is 15.8 Å². The summed E-state index contributed by atoms with van der Waals surface area (Å²) in [6, 6.07) is 26.8. The minimum atomic E-state index is -0.527. The number of aromatic nitrogens is 1. The Kier molecular flexibility index (Phi) is 6.14. The topological polar surface area (TPSA) is 85.1 Å². The minimum absolute atomic E-state index is 0.124. The van der Waals surface area contributed by atoms with Crippen LogP contribution >= 0.6 is 11.3 Å². The molecule has 0 fully saturated rings. The molecule has 0 bridgehead atoms. The molecule has 153 valence electrons. The van der Waals surface area contributed by atoms with E-state index < -0.39 is 4.92 Å². The predicted octanol–water partition coefficient (Wildman–Crippen LogP) is 5.29. The molecule has 0 aliphatic carbocycles.